The molecule has 208 valence electrons. The van der Waals surface area contributed by atoms with Crippen molar-refractivity contribution < 1.29 is 13.5 Å². The fourth-order valence-corrected chi connectivity index (χ4v) is 4.76. The van der Waals surface area contributed by atoms with Crippen molar-refractivity contribution in [3.63, 3.8) is 0 Å². The zero-order valence-corrected chi connectivity index (χ0v) is 22.7. The van der Waals surface area contributed by atoms with Crippen molar-refractivity contribution >= 4 is 0 Å². The summed E-state index contributed by atoms with van der Waals surface area (Å²) in [6.45, 7) is 3.06. The van der Waals surface area contributed by atoms with Crippen molar-refractivity contribution in [1.29, 1.82) is 0 Å². The molecule has 1 aromatic heterocycles. The molecule has 0 unspecified atom stereocenters. The van der Waals surface area contributed by atoms with Crippen LogP contribution in [0.3, 0.4) is 0 Å². The number of ether oxygens (including phenoxy) is 1. The van der Waals surface area contributed by atoms with Crippen molar-refractivity contribution in [2.75, 3.05) is 0 Å². The van der Waals surface area contributed by atoms with Crippen molar-refractivity contribution in [2.45, 2.75) is 33.0 Å². The Morgan fingerprint density at radius 2 is 1.34 bits per heavy atom. The zero-order chi connectivity index (χ0) is 29.1. The minimum atomic E-state index is -0.783. The highest BCUT2D eigenvalue weighted by atomic mass is 19.1. The lowest BCUT2D eigenvalue weighted by molar-refractivity contribution is 0.482. The quantitative estimate of drug-likeness (QED) is 0.251. The van der Waals surface area contributed by atoms with Gasteiger partial charge in [-0.1, -0.05) is 66.2 Å². The number of benzene rings is 4. The average molecular weight is 554 g/mol. The molecule has 0 radical (unpaired) electrons. The Balaban J connectivity index is 1.60. The molecular weight excluding hydrogens is 524 g/mol. The molecule has 0 aliphatic rings. The Morgan fingerprint density at radius 1 is 0.756 bits per heavy atom. The summed E-state index contributed by atoms with van der Waals surface area (Å²) in [5, 5.41) is 0. The van der Waals surface area contributed by atoms with Crippen LogP contribution in [-0.4, -0.2) is 9.13 Å². The van der Waals surface area contributed by atoms with Gasteiger partial charge in [0.2, 0.25) is 0 Å². The fraction of sp³-hybridized carbons (Fsp3) is 0.152. The van der Waals surface area contributed by atoms with E-state index >= 15 is 0 Å². The molecule has 5 rings (SSSR count). The van der Waals surface area contributed by atoms with E-state index in [9.17, 15) is 18.4 Å². The molecule has 0 fully saturated rings. The van der Waals surface area contributed by atoms with Gasteiger partial charge in [-0.15, -0.1) is 0 Å². The number of rotatable bonds is 8. The third-order valence-electron chi connectivity index (χ3n) is 7.07. The monoisotopic (exact) mass is 553 g/mol. The Kier molecular flexibility index (Phi) is 7.94. The van der Waals surface area contributed by atoms with Gasteiger partial charge in [-0.2, -0.15) is 0 Å². The van der Waals surface area contributed by atoms with Gasteiger partial charge in [-0.3, -0.25) is 13.9 Å². The van der Waals surface area contributed by atoms with E-state index in [1.165, 1.54) is 10.6 Å². The van der Waals surface area contributed by atoms with Gasteiger partial charge in [-0.05, 0) is 61.4 Å². The maximum atomic E-state index is 14.6. The molecule has 1 atom stereocenters. The molecule has 0 saturated carbocycles. The van der Waals surface area contributed by atoms with E-state index in [1.807, 2.05) is 61.5 Å². The lowest BCUT2D eigenvalue weighted by Gasteiger charge is -2.20. The second-order valence-corrected chi connectivity index (χ2v) is 9.90. The number of nitrogens with zero attached hydrogens (tertiary/aromatic N) is 2. The van der Waals surface area contributed by atoms with E-state index in [0.717, 1.165) is 27.8 Å². The van der Waals surface area contributed by atoms with Crippen molar-refractivity contribution in [3.8, 4) is 22.6 Å². The van der Waals surface area contributed by atoms with Crippen LogP contribution in [0.25, 0.3) is 11.1 Å². The Hall–Kier alpha value is -4.82. The smallest absolute Gasteiger partial charge is 0.331 e. The van der Waals surface area contributed by atoms with E-state index in [4.69, 9.17) is 10.5 Å². The van der Waals surface area contributed by atoms with Crippen LogP contribution in [0.5, 0.6) is 11.5 Å². The van der Waals surface area contributed by atoms with E-state index in [-0.39, 0.29) is 23.4 Å². The van der Waals surface area contributed by atoms with Crippen LogP contribution in [0.2, 0.25) is 0 Å². The summed E-state index contributed by atoms with van der Waals surface area (Å²) in [7, 11) is 0. The summed E-state index contributed by atoms with van der Waals surface area (Å²) in [5.74, 6) is -0.343. The lowest BCUT2D eigenvalue weighted by Crippen LogP contribution is -2.44. The van der Waals surface area contributed by atoms with E-state index < -0.39 is 35.5 Å². The van der Waals surface area contributed by atoms with Gasteiger partial charge in [0.15, 0.2) is 0 Å². The Morgan fingerprint density at radius 3 is 1.95 bits per heavy atom. The highest BCUT2D eigenvalue weighted by Gasteiger charge is 2.22. The molecule has 0 spiro atoms. The third kappa shape index (κ3) is 5.88. The number of hydrogen-bond donors (Lipinski definition) is 1. The van der Waals surface area contributed by atoms with Gasteiger partial charge >= 0.3 is 5.69 Å². The van der Waals surface area contributed by atoms with E-state index in [0.29, 0.717) is 17.1 Å². The summed E-state index contributed by atoms with van der Waals surface area (Å²) in [6, 6.07) is 26.4. The van der Waals surface area contributed by atoms with Gasteiger partial charge in [-0.25, -0.2) is 13.6 Å². The van der Waals surface area contributed by atoms with Crippen LogP contribution in [0, 0.1) is 25.5 Å². The first kappa shape index (κ1) is 27.7. The minimum Gasteiger partial charge on any atom is -0.457 e. The summed E-state index contributed by atoms with van der Waals surface area (Å²) in [6.07, 6.45) is 0. The van der Waals surface area contributed by atoms with Gasteiger partial charge < -0.3 is 10.5 Å². The molecule has 41 heavy (non-hydrogen) atoms. The van der Waals surface area contributed by atoms with Gasteiger partial charge in [0.1, 0.15) is 23.1 Å². The number of aryl methyl sites for hydroxylation is 1. The molecule has 2 N–H and O–H groups in total. The Bertz CT molecular complexity index is 1780. The molecule has 0 amide bonds. The average Bonchev–Trinajstić information content (AvgIpc) is 2.97. The lowest BCUT2D eigenvalue weighted by atomic mass is 10.0. The van der Waals surface area contributed by atoms with E-state index in [2.05, 4.69) is 0 Å². The minimum absolute atomic E-state index is 0.122. The molecule has 0 aliphatic carbocycles. The molecular formula is C33H29F2N3O3. The first-order chi connectivity index (χ1) is 19.7. The molecule has 4 aromatic carbocycles. The van der Waals surface area contributed by atoms with Crippen LogP contribution in [0.1, 0.15) is 28.4 Å². The molecule has 5 aromatic rings. The van der Waals surface area contributed by atoms with Crippen LogP contribution < -0.4 is 21.7 Å². The topological polar surface area (TPSA) is 79.2 Å². The first-order valence-corrected chi connectivity index (χ1v) is 13.2. The standard InChI is InChI=1S/C33H29F2N3O3/c1-21-11-15-25(16-12-21)41-26-17-13-24(14-18-26)31-22(2)37(19-27-28(34)9-6-10-29(27)35)33(40)38(32(31)39)20-30(36)23-7-4-3-5-8-23/h3-18,30H,19-20,36H2,1-2H3/t30-/m0/s1. The molecule has 0 aliphatic heterocycles. The van der Waals surface area contributed by atoms with Crippen LogP contribution >= 0.6 is 0 Å². The maximum absolute atomic E-state index is 14.6. The second-order valence-electron chi connectivity index (χ2n) is 9.90. The largest absolute Gasteiger partial charge is 0.457 e. The van der Waals surface area contributed by atoms with Crippen LogP contribution in [0.4, 0.5) is 8.78 Å². The fourth-order valence-electron chi connectivity index (χ4n) is 4.76. The van der Waals surface area contributed by atoms with Crippen molar-refractivity contribution in [2.24, 2.45) is 5.73 Å². The van der Waals surface area contributed by atoms with Gasteiger partial charge in [0, 0.05) is 17.3 Å². The maximum Gasteiger partial charge on any atom is 0.331 e. The molecule has 8 heteroatoms. The van der Waals surface area contributed by atoms with E-state index in [1.54, 1.807) is 31.2 Å². The summed E-state index contributed by atoms with van der Waals surface area (Å²) < 4.78 is 37.4. The Labute approximate surface area is 235 Å². The normalized spacial score (nSPS) is 11.8. The van der Waals surface area contributed by atoms with Crippen LogP contribution in [0.15, 0.2) is 107 Å². The number of aromatic nitrogens is 2. The molecule has 1 heterocycles. The predicted octanol–water partition coefficient (Wildman–Crippen LogP) is 6.11. The summed E-state index contributed by atoms with van der Waals surface area (Å²) >= 11 is 0. The summed E-state index contributed by atoms with van der Waals surface area (Å²) in [5.41, 5.74) is 7.75. The van der Waals surface area contributed by atoms with Crippen LogP contribution in [-0.2, 0) is 13.1 Å². The van der Waals surface area contributed by atoms with Crippen molar-refractivity contribution in [1.82, 2.24) is 9.13 Å². The number of hydrogen-bond acceptors (Lipinski definition) is 4. The zero-order valence-electron chi connectivity index (χ0n) is 22.7. The highest BCUT2D eigenvalue weighted by Crippen LogP contribution is 2.27. The number of nitrogens with two attached hydrogens (primary N) is 1. The number of halogens is 2. The predicted molar refractivity (Wildman–Crippen MR) is 155 cm³/mol. The highest BCUT2D eigenvalue weighted by molar-refractivity contribution is 5.66. The summed E-state index contributed by atoms with van der Waals surface area (Å²) in [4.78, 5) is 27.5. The first-order valence-electron chi connectivity index (χ1n) is 13.2. The second kappa shape index (κ2) is 11.7. The molecule has 0 bridgehead atoms. The van der Waals surface area contributed by atoms with Crippen molar-refractivity contribution in [3.05, 3.63) is 152 Å². The van der Waals surface area contributed by atoms with Gasteiger partial charge in [0.25, 0.3) is 5.56 Å². The third-order valence-corrected chi connectivity index (χ3v) is 7.07. The molecule has 0 saturated heterocycles. The van der Waals surface area contributed by atoms with Gasteiger partial charge in [0.05, 0.1) is 18.7 Å². The molecule has 6 nitrogen and oxygen atoms in total. The SMILES string of the molecule is Cc1ccc(Oc2ccc(-c3c(C)n(Cc4c(F)cccc4F)c(=O)n(C[C@H](N)c4ccccc4)c3=O)cc2)cc1.